The summed E-state index contributed by atoms with van der Waals surface area (Å²) in [5, 5.41) is 18.1. The van der Waals surface area contributed by atoms with Crippen LogP contribution < -0.4 is 0 Å². The van der Waals surface area contributed by atoms with Crippen LogP contribution in [0.3, 0.4) is 0 Å². The molecule has 0 saturated carbocycles. The molecule has 1 aromatic heterocycles. The maximum absolute atomic E-state index is 12.2. The van der Waals surface area contributed by atoms with Crippen molar-refractivity contribution in [1.29, 1.82) is 0 Å². The van der Waals surface area contributed by atoms with Crippen LogP contribution in [0.25, 0.3) is 10.9 Å². The molecule has 0 saturated heterocycles. The lowest BCUT2D eigenvalue weighted by molar-refractivity contribution is -0.117. The number of fused-ring (bicyclic) bond motifs is 1. The van der Waals surface area contributed by atoms with Gasteiger partial charge in [0.2, 0.25) is 5.88 Å². The van der Waals surface area contributed by atoms with Crippen molar-refractivity contribution in [3.05, 3.63) is 52.5 Å². The van der Waals surface area contributed by atoms with Gasteiger partial charge in [0.25, 0.3) is 5.91 Å². The van der Waals surface area contributed by atoms with Gasteiger partial charge in [-0.15, -0.1) is 22.0 Å². The summed E-state index contributed by atoms with van der Waals surface area (Å²) in [6.07, 6.45) is 0. The van der Waals surface area contributed by atoms with Gasteiger partial charge < -0.3 is 10.1 Å². The number of thioether (sulfide) groups is 1. The molecule has 0 bridgehead atoms. The van der Waals surface area contributed by atoms with E-state index in [9.17, 15) is 9.90 Å². The number of azo groups is 1. The minimum atomic E-state index is -0.370. The second-order valence-electron chi connectivity index (χ2n) is 5.62. The van der Waals surface area contributed by atoms with Crippen LogP contribution in [0.5, 0.6) is 5.88 Å². The van der Waals surface area contributed by atoms with Gasteiger partial charge in [0.1, 0.15) is 0 Å². The normalized spacial score (nSPS) is 12.8. The monoisotopic (exact) mass is 417 g/mol. The van der Waals surface area contributed by atoms with Crippen LogP contribution in [0.15, 0.2) is 62.1 Å². The number of benzene rings is 2. The van der Waals surface area contributed by atoms with E-state index in [0.717, 1.165) is 14.9 Å². The Balaban J connectivity index is 1.77. The summed E-state index contributed by atoms with van der Waals surface area (Å²) in [5.74, 6) is -0.460. The first kappa shape index (κ1) is 17.7. The van der Waals surface area contributed by atoms with Crippen LogP contribution in [0.4, 0.5) is 5.69 Å². The van der Waals surface area contributed by atoms with Gasteiger partial charge in [0.05, 0.1) is 10.8 Å². The van der Waals surface area contributed by atoms with Crippen molar-refractivity contribution in [2.45, 2.75) is 24.0 Å². The van der Waals surface area contributed by atoms with Crippen molar-refractivity contribution in [1.82, 2.24) is 4.98 Å². The summed E-state index contributed by atoms with van der Waals surface area (Å²) in [4.78, 5) is 16.1. The summed E-state index contributed by atoms with van der Waals surface area (Å²) in [6, 6.07) is 13.4. The summed E-state index contributed by atoms with van der Waals surface area (Å²) in [5.41, 5.74) is 2.16. The Bertz CT molecular complexity index is 951. The number of halogens is 1. The first-order chi connectivity index (χ1) is 11.9. The number of carbonyl (C=O) groups excluding carboxylic acids is 1. The predicted molar refractivity (Wildman–Crippen MR) is 104 cm³/mol. The Morgan fingerprint density at radius 1 is 1.24 bits per heavy atom. The van der Waals surface area contributed by atoms with E-state index in [1.807, 2.05) is 49.4 Å². The Labute approximate surface area is 157 Å². The highest BCUT2D eigenvalue weighted by atomic mass is 79.9. The molecule has 1 heterocycles. The van der Waals surface area contributed by atoms with Gasteiger partial charge in [-0.2, -0.15) is 0 Å². The van der Waals surface area contributed by atoms with Crippen LogP contribution in [-0.2, 0) is 4.79 Å². The lowest BCUT2D eigenvalue weighted by atomic mass is 10.2. The van der Waals surface area contributed by atoms with E-state index < -0.39 is 0 Å². The average molecular weight is 418 g/mol. The number of aromatic nitrogens is 1. The van der Waals surface area contributed by atoms with E-state index in [1.54, 1.807) is 6.92 Å². The molecule has 2 aromatic carbocycles. The topological polar surface area (TPSA) is 77.8 Å². The molecule has 1 amide bonds. The molecule has 0 fully saturated rings. The largest absolute Gasteiger partial charge is 0.493 e. The molecule has 25 heavy (non-hydrogen) atoms. The van der Waals surface area contributed by atoms with Gasteiger partial charge in [-0.25, -0.2) is 0 Å². The lowest BCUT2D eigenvalue weighted by Crippen LogP contribution is -2.09. The number of nitrogens with one attached hydrogen (secondary N) is 1. The molecular weight excluding hydrogens is 402 g/mol. The fourth-order valence-electron chi connectivity index (χ4n) is 2.29. The van der Waals surface area contributed by atoms with Crippen molar-refractivity contribution >= 4 is 50.2 Å². The molecule has 1 atom stereocenters. The maximum atomic E-state index is 12.2. The van der Waals surface area contributed by atoms with E-state index in [2.05, 4.69) is 31.1 Å². The Kier molecular flexibility index (Phi) is 5.24. The van der Waals surface area contributed by atoms with Crippen LogP contribution in [0.2, 0.25) is 0 Å². The van der Waals surface area contributed by atoms with Crippen LogP contribution in [-0.4, -0.2) is 21.2 Å². The minimum Gasteiger partial charge on any atom is -0.493 e. The first-order valence-corrected chi connectivity index (χ1v) is 9.30. The van der Waals surface area contributed by atoms with Crippen molar-refractivity contribution in [2.75, 3.05) is 0 Å². The fraction of sp³-hybridized carbons (Fsp3) is 0.167. The average Bonchev–Trinajstić information content (AvgIpc) is 2.89. The summed E-state index contributed by atoms with van der Waals surface area (Å²) in [7, 11) is 0. The molecule has 0 aliphatic heterocycles. The molecule has 0 spiro atoms. The van der Waals surface area contributed by atoms with E-state index in [4.69, 9.17) is 0 Å². The Morgan fingerprint density at radius 3 is 2.68 bits per heavy atom. The first-order valence-electron chi connectivity index (χ1n) is 7.63. The third-order valence-corrected chi connectivity index (χ3v) is 5.24. The number of carbonyl (C=O) groups is 1. The molecule has 128 valence electrons. The molecule has 0 radical (unpaired) electrons. The molecular formula is C18H16BrN3O2S. The summed E-state index contributed by atoms with van der Waals surface area (Å²) in [6.45, 7) is 3.81. The van der Waals surface area contributed by atoms with Gasteiger partial charge in [-0.1, -0.05) is 33.6 Å². The second-order valence-corrected chi connectivity index (χ2v) is 7.95. The molecule has 7 heteroatoms. The number of rotatable bonds is 4. The van der Waals surface area contributed by atoms with Crippen LogP contribution in [0, 0.1) is 6.92 Å². The van der Waals surface area contributed by atoms with Gasteiger partial charge in [-0.3, -0.25) is 4.79 Å². The molecule has 0 unspecified atom stereocenters. The fourth-order valence-corrected chi connectivity index (χ4v) is 3.50. The van der Waals surface area contributed by atoms with Crippen molar-refractivity contribution in [3.63, 3.8) is 0 Å². The zero-order valence-corrected chi connectivity index (χ0v) is 16.1. The molecule has 0 aliphatic carbocycles. The minimum absolute atomic E-state index is 0.108. The van der Waals surface area contributed by atoms with Crippen molar-refractivity contribution in [3.8, 4) is 5.88 Å². The van der Waals surface area contributed by atoms with E-state index in [1.165, 1.54) is 17.3 Å². The highest BCUT2D eigenvalue weighted by Crippen LogP contribution is 2.37. The number of aromatic hydroxyl groups is 1. The Hall–Kier alpha value is -2.12. The number of amides is 1. The molecule has 5 nitrogen and oxygen atoms in total. The molecule has 2 N–H and O–H groups in total. The summed E-state index contributed by atoms with van der Waals surface area (Å²) < 4.78 is 0.852. The van der Waals surface area contributed by atoms with Gasteiger partial charge in [-0.05, 0) is 44.2 Å². The third-order valence-electron chi connectivity index (χ3n) is 3.64. The smallest absolute Gasteiger partial charge is 0.277 e. The standard InChI is InChI=1S/C18H16BrN3O2S/c1-10-3-6-13(7-4-10)25-11(2)17(23)22-21-16-14-9-12(19)5-8-15(14)20-18(16)24/h3-9,11,20,24H,1-2H3/t11-/m1/s1. The lowest BCUT2D eigenvalue weighted by Gasteiger charge is -2.06. The van der Waals surface area contributed by atoms with Crippen molar-refractivity contribution < 1.29 is 9.90 Å². The maximum Gasteiger partial charge on any atom is 0.277 e. The number of nitrogens with zero attached hydrogens (tertiary/aromatic N) is 2. The predicted octanol–water partition coefficient (Wildman–Crippen LogP) is 5.74. The number of hydrogen-bond donors (Lipinski definition) is 2. The SMILES string of the molecule is Cc1ccc(S[C@H](C)C(=O)N=Nc2c(O)[nH]c3ccc(Br)cc23)cc1. The second kappa shape index (κ2) is 7.41. The Morgan fingerprint density at radius 2 is 1.96 bits per heavy atom. The van der Waals surface area contributed by atoms with Crippen molar-refractivity contribution in [2.24, 2.45) is 10.2 Å². The molecule has 0 aliphatic rings. The number of H-pyrrole nitrogens is 1. The van der Waals surface area contributed by atoms with E-state index in [-0.39, 0.29) is 22.7 Å². The zero-order valence-electron chi connectivity index (χ0n) is 13.7. The van der Waals surface area contributed by atoms with E-state index >= 15 is 0 Å². The number of aryl methyl sites for hydroxylation is 1. The van der Waals surface area contributed by atoms with Gasteiger partial charge in [0, 0.05) is 14.8 Å². The molecule has 3 aromatic rings. The van der Waals surface area contributed by atoms with Gasteiger partial charge in [0.15, 0.2) is 5.69 Å². The zero-order chi connectivity index (χ0) is 18.0. The van der Waals surface area contributed by atoms with Crippen LogP contribution in [0.1, 0.15) is 12.5 Å². The highest BCUT2D eigenvalue weighted by molar-refractivity contribution is 9.10. The highest BCUT2D eigenvalue weighted by Gasteiger charge is 2.16. The third kappa shape index (κ3) is 4.11. The summed E-state index contributed by atoms with van der Waals surface area (Å²) >= 11 is 4.81. The van der Waals surface area contributed by atoms with Gasteiger partial charge >= 0.3 is 0 Å². The van der Waals surface area contributed by atoms with E-state index in [0.29, 0.717) is 5.39 Å². The number of hydrogen-bond acceptors (Lipinski definition) is 4. The van der Waals surface area contributed by atoms with Crippen LogP contribution >= 0.6 is 27.7 Å². The number of aromatic amines is 1. The molecule has 3 rings (SSSR count). The quantitative estimate of drug-likeness (QED) is 0.419.